The van der Waals surface area contributed by atoms with E-state index < -0.39 is 10.8 Å². The number of nitro groups is 1. The van der Waals surface area contributed by atoms with Gasteiger partial charge in [0.2, 0.25) is 0 Å². The molecule has 2 aromatic carbocycles. The topological polar surface area (TPSA) is 116 Å². The van der Waals surface area contributed by atoms with Crippen LogP contribution in [0.5, 0.6) is 11.5 Å². The maximum absolute atomic E-state index is 12.7. The molecule has 3 aromatic rings. The molecule has 1 amide bonds. The summed E-state index contributed by atoms with van der Waals surface area (Å²) in [6.45, 7) is 2.13. The zero-order valence-corrected chi connectivity index (χ0v) is 17.7. The number of fused-ring (bicyclic) bond motifs is 1. The minimum Gasteiger partial charge on any atom is -0.493 e. The highest BCUT2D eigenvalue weighted by Crippen LogP contribution is 2.36. The van der Waals surface area contributed by atoms with Gasteiger partial charge in [-0.2, -0.15) is 0 Å². The fourth-order valence-electron chi connectivity index (χ4n) is 3.36. The largest absolute Gasteiger partial charge is 0.493 e. The van der Waals surface area contributed by atoms with Gasteiger partial charge < -0.3 is 19.1 Å². The number of methoxy groups -OCH3 is 2. The van der Waals surface area contributed by atoms with Crippen molar-refractivity contribution in [1.29, 1.82) is 0 Å². The highest BCUT2D eigenvalue weighted by Gasteiger charge is 2.24. The number of aromatic nitrogens is 1. The lowest BCUT2D eigenvalue weighted by molar-refractivity contribution is -0.384. The third-order valence-electron chi connectivity index (χ3n) is 4.90. The summed E-state index contributed by atoms with van der Waals surface area (Å²) >= 11 is 1.27. The number of ether oxygens (including phenoxy) is 3. The summed E-state index contributed by atoms with van der Waals surface area (Å²) < 4.78 is 16.7. The average molecular weight is 444 g/mol. The first kappa shape index (κ1) is 20.8. The molecule has 1 aliphatic heterocycles. The molecule has 0 spiro atoms. The predicted molar refractivity (Wildman–Crippen MR) is 117 cm³/mol. The molecule has 4 rings (SSSR count). The third-order valence-corrected chi connectivity index (χ3v) is 5.83. The molecule has 10 nitrogen and oxygen atoms in total. The molecule has 1 N–H and O–H groups in total. The van der Waals surface area contributed by atoms with Gasteiger partial charge in [-0.05, 0) is 12.1 Å². The number of benzene rings is 2. The van der Waals surface area contributed by atoms with E-state index >= 15 is 0 Å². The Kier molecular flexibility index (Phi) is 5.87. The fraction of sp³-hybridized carbons (Fsp3) is 0.300. The van der Waals surface area contributed by atoms with Gasteiger partial charge in [0.05, 0.1) is 42.6 Å². The Labute approximate surface area is 181 Å². The highest BCUT2D eigenvalue weighted by atomic mass is 32.1. The first-order chi connectivity index (χ1) is 15.0. The molecule has 0 bridgehead atoms. The molecular weight excluding hydrogens is 424 g/mol. The number of carbonyl (C=O) groups is 1. The standard InChI is InChI=1S/C20H20N4O6S/c1-28-16-10-13-18(11-17(16)29-2)31-20(21-13)22-19(25)12-3-4-14(15(9-12)24(26)27)23-5-7-30-8-6-23/h3-4,9-11H,5-8H2,1-2H3,(H,21,22,25). The second kappa shape index (κ2) is 8.74. The van der Waals surface area contributed by atoms with Crippen LogP contribution >= 0.6 is 11.3 Å². The van der Waals surface area contributed by atoms with Crippen molar-refractivity contribution in [3.8, 4) is 11.5 Å². The van der Waals surface area contributed by atoms with Crippen molar-refractivity contribution in [3.05, 3.63) is 46.0 Å². The molecule has 162 valence electrons. The summed E-state index contributed by atoms with van der Waals surface area (Å²) in [5, 5.41) is 14.7. The summed E-state index contributed by atoms with van der Waals surface area (Å²) in [5.41, 5.74) is 1.18. The van der Waals surface area contributed by atoms with E-state index in [9.17, 15) is 14.9 Å². The number of hydrogen-bond acceptors (Lipinski definition) is 9. The SMILES string of the molecule is COc1cc2nc(NC(=O)c3ccc(N4CCOCC4)c([N+](=O)[O-])c3)sc2cc1OC. The summed E-state index contributed by atoms with van der Waals surface area (Å²) in [6.07, 6.45) is 0. The van der Waals surface area contributed by atoms with Crippen molar-refractivity contribution in [2.45, 2.75) is 0 Å². The Balaban J connectivity index is 1.59. The summed E-state index contributed by atoms with van der Waals surface area (Å²) in [6, 6.07) is 7.98. The molecule has 0 saturated carbocycles. The Morgan fingerprint density at radius 2 is 1.90 bits per heavy atom. The van der Waals surface area contributed by atoms with Crippen molar-refractivity contribution in [1.82, 2.24) is 4.98 Å². The van der Waals surface area contributed by atoms with Gasteiger partial charge >= 0.3 is 0 Å². The van der Waals surface area contributed by atoms with E-state index in [1.165, 1.54) is 24.5 Å². The van der Waals surface area contributed by atoms with Crippen LogP contribution < -0.4 is 19.7 Å². The van der Waals surface area contributed by atoms with Gasteiger partial charge in [0, 0.05) is 36.9 Å². The van der Waals surface area contributed by atoms with Crippen LogP contribution in [0.1, 0.15) is 10.4 Å². The number of hydrogen-bond donors (Lipinski definition) is 1. The van der Waals surface area contributed by atoms with Gasteiger partial charge in [-0.1, -0.05) is 11.3 Å². The maximum atomic E-state index is 12.7. The molecule has 0 atom stereocenters. The number of morpholine rings is 1. The van der Waals surface area contributed by atoms with Crippen LogP contribution in [0, 0.1) is 10.1 Å². The smallest absolute Gasteiger partial charge is 0.293 e. The van der Waals surface area contributed by atoms with E-state index in [1.807, 2.05) is 4.90 Å². The van der Waals surface area contributed by atoms with Crippen LogP contribution in [0.4, 0.5) is 16.5 Å². The summed E-state index contributed by atoms with van der Waals surface area (Å²) in [4.78, 5) is 30.2. The minimum absolute atomic E-state index is 0.117. The van der Waals surface area contributed by atoms with Gasteiger partial charge in [0.25, 0.3) is 11.6 Å². The van der Waals surface area contributed by atoms with E-state index in [1.54, 1.807) is 31.4 Å². The molecule has 1 fully saturated rings. The second-order valence-corrected chi connectivity index (χ2v) is 7.74. The van der Waals surface area contributed by atoms with Gasteiger partial charge in [-0.25, -0.2) is 4.98 Å². The molecule has 2 heterocycles. The molecule has 1 aromatic heterocycles. The number of nitrogens with zero attached hydrogens (tertiary/aromatic N) is 3. The second-order valence-electron chi connectivity index (χ2n) is 6.71. The molecule has 11 heteroatoms. The van der Waals surface area contributed by atoms with E-state index in [0.717, 1.165) is 4.70 Å². The van der Waals surface area contributed by atoms with Gasteiger partial charge in [-0.3, -0.25) is 20.2 Å². The maximum Gasteiger partial charge on any atom is 0.293 e. The van der Waals surface area contributed by atoms with Gasteiger partial charge in [0.15, 0.2) is 16.6 Å². The number of nitrogens with one attached hydrogen (secondary N) is 1. The van der Waals surface area contributed by atoms with Crippen molar-refractivity contribution < 1.29 is 23.9 Å². The zero-order chi connectivity index (χ0) is 22.0. The van der Waals surface area contributed by atoms with Crippen LogP contribution in [0.2, 0.25) is 0 Å². The predicted octanol–water partition coefficient (Wildman–Crippen LogP) is 3.31. The van der Waals surface area contributed by atoms with Crippen molar-refractivity contribution in [2.75, 3.05) is 50.7 Å². The number of thiazole rings is 1. The average Bonchev–Trinajstić information content (AvgIpc) is 3.19. The first-order valence-corrected chi connectivity index (χ1v) is 10.3. The van der Waals surface area contributed by atoms with Crippen molar-refractivity contribution in [3.63, 3.8) is 0 Å². The molecule has 1 saturated heterocycles. The van der Waals surface area contributed by atoms with E-state index in [4.69, 9.17) is 14.2 Å². The summed E-state index contributed by atoms with van der Waals surface area (Å²) in [5.74, 6) is 0.618. The summed E-state index contributed by atoms with van der Waals surface area (Å²) in [7, 11) is 3.08. The van der Waals surface area contributed by atoms with Crippen molar-refractivity contribution >= 4 is 44.0 Å². The van der Waals surface area contributed by atoms with Crippen LogP contribution in [-0.4, -0.2) is 56.3 Å². The Morgan fingerprint density at radius 3 is 2.58 bits per heavy atom. The number of rotatable bonds is 6. The monoisotopic (exact) mass is 444 g/mol. The van der Waals surface area contributed by atoms with E-state index in [0.29, 0.717) is 54.1 Å². The molecular formula is C20H20N4O6S. The molecule has 31 heavy (non-hydrogen) atoms. The minimum atomic E-state index is -0.477. The number of carbonyl (C=O) groups excluding carboxylic acids is 1. The normalized spacial score (nSPS) is 13.8. The van der Waals surface area contributed by atoms with Crippen LogP contribution in [0.25, 0.3) is 10.2 Å². The lowest BCUT2D eigenvalue weighted by Gasteiger charge is -2.28. The van der Waals surface area contributed by atoms with Crippen LogP contribution in [0.15, 0.2) is 30.3 Å². The number of anilines is 2. The molecule has 0 unspecified atom stereocenters. The lowest BCUT2D eigenvalue weighted by Crippen LogP contribution is -2.36. The molecule has 0 radical (unpaired) electrons. The van der Waals surface area contributed by atoms with Crippen LogP contribution in [0.3, 0.4) is 0 Å². The Morgan fingerprint density at radius 1 is 1.19 bits per heavy atom. The molecule has 1 aliphatic rings. The number of amides is 1. The third kappa shape index (κ3) is 4.23. The fourth-order valence-corrected chi connectivity index (χ4v) is 4.23. The van der Waals surface area contributed by atoms with Crippen molar-refractivity contribution in [2.24, 2.45) is 0 Å². The van der Waals surface area contributed by atoms with Gasteiger partial charge in [-0.15, -0.1) is 0 Å². The Bertz CT molecular complexity index is 1100. The zero-order valence-electron chi connectivity index (χ0n) is 16.9. The first-order valence-electron chi connectivity index (χ1n) is 9.45. The van der Waals surface area contributed by atoms with E-state index in [2.05, 4.69) is 10.3 Å². The number of nitro benzene ring substituents is 1. The van der Waals surface area contributed by atoms with Gasteiger partial charge in [0.1, 0.15) is 5.69 Å². The molecule has 0 aliphatic carbocycles. The highest BCUT2D eigenvalue weighted by molar-refractivity contribution is 7.22. The van der Waals surface area contributed by atoms with Crippen LogP contribution in [-0.2, 0) is 4.74 Å². The Hall–Kier alpha value is -3.44. The lowest BCUT2D eigenvalue weighted by atomic mass is 10.1. The van der Waals surface area contributed by atoms with E-state index in [-0.39, 0.29) is 11.3 Å². The quantitative estimate of drug-likeness (QED) is 0.455.